The van der Waals surface area contributed by atoms with Crippen molar-refractivity contribution < 1.29 is 4.52 Å². The Kier molecular flexibility index (Phi) is 3.72. The molecule has 120 valence electrons. The standard InChI is InChI=1S/C16H19N5OS/c1-9(2)17-16-18-12-7-10(3-6-13(12)23-21-16)8-14-19-15(20-22-14)11-4-5-11/h3,6-7,9,11H,4-5,8H2,1-2H3,(H2,17,18,21). The third-order valence-corrected chi connectivity index (χ3v) is 4.57. The number of hydrogen-bond acceptors (Lipinski definition) is 7. The normalized spacial score (nSPS) is 16.7. The van der Waals surface area contributed by atoms with Gasteiger partial charge < -0.3 is 15.2 Å². The molecule has 1 aliphatic heterocycles. The van der Waals surface area contributed by atoms with Crippen LogP contribution in [-0.2, 0) is 6.42 Å². The molecule has 1 fully saturated rings. The molecule has 1 aromatic carbocycles. The summed E-state index contributed by atoms with van der Waals surface area (Å²) in [4.78, 5) is 5.61. The lowest BCUT2D eigenvalue weighted by Crippen LogP contribution is -2.36. The number of hydrogen-bond donors (Lipinski definition) is 2. The van der Waals surface area contributed by atoms with Gasteiger partial charge in [-0.05, 0) is 44.4 Å². The number of rotatable bonds is 4. The number of guanidine groups is 1. The van der Waals surface area contributed by atoms with Crippen LogP contribution in [0.15, 0.2) is 32.0 Å². The second-order valence-corrected chi connectivity index (χ2v) is 7.09. The van der Waals surface area contributed by atoms with Gasteiger partial charge >= 0.3 is 0 Å². The number of benzene rings is 1. The van der Waals surface area contributed by atoms with Crippen molar-refractivity contribution in [1.82, 2.24) is 15.5 Å². The second kappa shape index (κ2) is 5.88. The Bertz CT molecular complexity index is 751. The summed E-state index contributed by atoms with van der Waals surface area (Å²) in [5.41, 5.74) is 2.21. The van der Waals surface area contributed by atoms with E-state index in [0.29, 0.717) is 24.3 Å². The van der Waals surface area contributed by atoms with Gasteiger partial charge in [0.15, 0.2) is 5.82 Å². The number of nitrogens with one attached hydrogen (secondary N) is 2. The molecular weight excluding hydrogens is 310 g/mol. The van der Waals surface area contributed by atoms with E-state index in [-0.39, 0.29) is 0 Å². The Morgan fingerprint density at radius 2 is 2.26 bits per heavy atom. The quantitative estimate of drug-likeness (QED) is 0.838. The smallest absolute Gasteiger partial charge is 0.231 e. The van der Waals surface area contributed by atoms with E-state index in [1.807, 2.05) is 0 Å². The molecule has 0 amide bonds. The lowest BCUT2D eigenvalue weighted by molar-refractivity contribution is 0.379. The summed E-state index contributed by atoms with van der Waals surface area (Å²) in [5.74, 6) is 2.87. The molecule has 1 saturated carbocycles. The molecule has 0 unspecified atom stereocenters. The minimum atomic E-state index is 0.339. The average molecular weight is 329 g/mol. The highest BCUT2D eigenvalue weighted by Crippen LogP contribution is 2.38. The topological polar surface area (TPSA) is 75.3 Å². The first-order valence-electron chi connectivity index (χ1n) is 7.91. The Balaban J connectivity index is 1.48. The number of nitrogens with zero attached hydrogens (tertiary/aromatic N) is 3. The fourth-order valence-electron chi connectivity index (χ4n) is 2.47. The van der Waals surface area contributed by atoms with E-state index < -0.39 is 0 Å². The van der Waals surface area contributed by atoms with Crippen molar-refractivity contribution in [2.24, 2.45) is 4.40 Å². The predicted molar refractivity (Wildman–Crippen MR) is 90.7 cm³/mol. The second-order valence-electron chi connectivity index (χ2n) is 6.28. The fourth-order valence-corrected chi connectivity index (χ4v) is 3.09. The van der Waals surface area contributed by atoms with E-state index in [1.54, 1.807) is 0 Å². The zero-order valence-electron chi connectivity index (χ0n) is 13.2. The summed E-state index contributed by atoms with van der Waals surface area (Å²) in [6, 6.07) is 6.63. The van der Waals surface area contributed by atoms with Crippen molar-refractivity contribution in [1.29, 1.82) is 0 Å². The minimum Gasteiger partial charge on any atom is -0.353 e. The Hall–Kier alpha value is -2.02. The van der Waals surface area contributed by atoms with Crippen molar-refractivity contribution in [2.75, 3.05) is 5.32 Å². The molecule has 23 heavy (non-hydrogen) atoms. The highest BCUT2D eigenvalue weighted by atomic mass is 32.2. The largest absolute Gasteiger partial charge is 0.353 e. The third-order valence-electron chi connectivity index (χ3n) is 3.74. The zero-order chi connectivity index (χ0) is 15.8. The summed E-state index contributed by atoms with van der Waals surface area (Å²) in [6.07, 6.45) is 3.03. The molecule has 1 aliphatic carbocycles. The van der Waals surface area contributed by atoms with Crippen molar-refractivity contribution in [2.45, 2.75) is 50.0 Å². The molecule has 1 aromatic heterocycles. The van der Waals surface area contributed by atoms with Crippen molar-refractivity contribution >= 4 is 23.6 Å². The van der Waals surface area contributed by atoms with Gasteiger partial charge in [-0.25, -0.2) is 0 Å². The Morgan fingerprint density at radius 3 is 3.04 bits per heavy atom. The van der Waals surface area contributed by atoms with E-state index in [1.165, 1.54) is 24.8 Å². The van der Waals surface area contributed by atoms with Crippen LogP contribution in [0.1, 0.15) is 49.9 Å². The molecule has 2 aliphatic rings. The van der Waals surface area contributed by atoms with Crippen LogP contribution in [0.25, 0.3) is 0 Å². The van der Waals surface area contributed by atoms with Gasteiger partial charge in [0, 0.05) is 23.9 Å². The van der Waals surface area contributed by atoms with Crippen molar-refractivity contribution in [3.05, 3.63) is 35.5 Å². The molecule has 0 radical (unpaired) electrons. The first kappa shape index (κ1) is 14.6. The molecule has 0 saturated heterocycles. The summed E-state index contributed by atoms with van der Waals surface area (Å²) in [7, 11) is 0. The van der Waals surface area contributed by atoms with E-state index >= 15 is 0 Å². The molecule has 0 atom stereocenters. The summed E-state index contributed by atoms with van der Waals surface area (Å²) >= 11 is 1.48. The van der Waals surface area contributed by atoms with Crippen LogP contribution in [0.2, 0.25) is 0 Å². The minimum absolute atomic E-state index is 0.339. The van der Waals surface area contributed by atoms with Gasteiger partial charge in [-0.1, -0.05) is 11.2 Å². The number of aromatic nitrogens is 2. The predicted octanol–water partition coefficient (Wildman–Crippen LogP) is 3.32. The average Bonchev–Trinajstić information content (AvgIpc) is 3.27. The molecule has 4 rings (SSSR count). The van der Waals surface area contributed by atoms with E-state index in [4.69, 9.17) is 4.52 Å². The van der Waals surface area contributed by atoms with Crippen LogP contribution < -0.4 is 10.6 Å². The molecule has 7 heteroatoms. The van der Waals surface area contributed by atoms with Crippen molar-refractivity contribution in [3.63, 3.8) is 0 Å². The van der Waals surface area contributed by atoms with Gasteiger partial charge in [-0.3, -0.25) is 0 Å². The highest BCUT2D eigenvalue weighted by molar-refractivity contribution is 7.98. The van der Waals surface area contributed by atoms with Gasteiger partial charge in [-0.15, -0.1) is 0 Å². The van der Waals surface area contributed by atoms with Crippen LogP contribution in [-0.4, -0.2) is 22.1 Å². The van der Waals surface area contributed by atoms with Gasteiger partial charge in [0.1, 0.15) is 0 Å². The van der Waals surface area contributed by atoms with Crippen molar-refractivity contribution in [3.8, 4) is 0 Å². The van der Waals surface area contributed by atoms with E-state index in [2.05, 4.69) is 57.2 Å². The third kappa shape index (κ3) is 3.34. The molecule has 2 N–H and O–H groups in total. The molecular formula is C16H19N5OS. The first-order valence-corrected chi connectivity index (χ1v) is 8.68. The first-order chi connectivity index (χ1) is 11.2. The van der Waals surface area contributed by atoms with Crippen LogP contribution in [0.3, 0.4) is 0 Å². The highest BCUT2D eigenvalue weighted by Gasteiger charge is 2.28. The van der Waals surface area contributed by atoms with Crippen LogP contribution in [0, 0.1) is 0 Å². The van der Waals surface area contributed by atoms with Crippen LogP contribution in [0.4, 0.5) is 5.69 Å². The summed E-state index contributed by atoms with van der Waals surface area (Å²) in [5, 5.41) is 10.7. The number of anilines is 1. The molecule has 6 nitrogen and oxygen atoms in total. The maximum absolute atomic E-state index is 5.36. The van der Waals surface area contributed by atoms with E-state index in [0.717, 1.165) is 27.9 Å². The Labute approximate surface area is 139 Å². The Morgan fingerprint density at radius 1 is 1.39 bits per heavy atom. The molecule has 2 aromatic rings. The summed E-state index contributed by atoms with van der Waals surface area (Å²) in [6.45, 7) is 4.18. The summed E-state index contributed by atoms with van der Waals surface area (Å²) < 4.78 is 9.79. The van der Waals surface area contributed by atoms with Gasteiger partial charge in [0.25, 0.3) is 0 Å². The zero-order valence-corrected chi connectivity index (χ0v) is 14.0. The van der Waals surface area contributed by atoms with Crippen LogP contribution >= 0.6 is 11.9 Å². The maximum Gasteiger partial charge on any atom is 0.231 e. The molecule has 2 heterocycles. The SMILES string of the molecule is CC(C)NC1=NSc2ccc(Cc3nc(C4CC4)no3)cc2N1. The maximum atomic E-state index is 5.36. The van der Waals surface area contributed by atoms with E-state index in [9.17, 15) is 0 Å². The van der Waals surface area contributed by atoms with Crippen LogP contribution in [0.5, 0.6) is 0 Å². The van der Waals surface area contributed by atoms with Gasteiger partial charge in [0.2, 0.25) is 11.9 Å². The van der Waals surface area contributed by atoms with Gasteiger partial charge in [0.05, 0.1) is 17.0 Å². The lowest BCUT2D eigenvalue weighted by Gasteiger charge is -2.20. The molecule has 0 bridgehead atoms. The lowest BCUT2D eigenvalue weighted by atomic mass is 10.1. The fraction of sp³-hybridized carbons (Fsp3) is 0.438. The monoisotopic (exact) mass is 329 g/mol. The van der Waals surface area contributed by atoms with Gasteiger partial charge in [-0.2, -0.15) is 9.38 Å². The number of fused-ring (bicyclic) bond motifs is 1. The molecule has 0 spiro atoms.